The first-order chi connectivity index (χ1) is 7.75. The molecule has 0 heterocycles. The monoisotopic (exact) mass is 218 g/mol. The van der Waals surface area contributed by atoms with Crippen LogP contribution in [0.15, 0.2) is 11.6 Å². The van der Waals surface area contributed by atoms with Gasteiger partial charge in [0.15, 0.2) is 0 Å². The van der Waals surface area contributed by atoms with Crippen LogP contribution in [0.4, 0.5) is 0 Å². The van der Waals surface area contributed by atoms with Crippen molar-refractivity contribution < 1.29 is 4.79 Å². The second-order valence-corrected chi connectivity index (χ2v) is 5.96. The van der Waals surface area contributed by atoms with Gasteiger partial charge in [-0.2, -0.15) is 0 Å². The lowest BCUT2D eigenvalue weighted by Gasteiger charge is -2.57. The molecule has 0 amide bonds. The molecule has 0 aromatic heterocycles. The van der Waals surface area contributed by atoms with Crippen molar-refractivity contribution in [3.8, 4) is 0 Å². The summed E-state index contributed by atoms with van der Waals surface area (Å²) in [6.07, 6.45) is 13.1. The van der Waals surface area contributed by atoms with E-state index in [-0.39, 0.29) is 5.41 Å². The van der Waals surface area contributed by atoms with E-state index in [2.05, 4.69) is 13.0 Å². The first-order valence-electron chi connectivity index (χ1n) is 7.01. The third kappa shape index (κ3) is 1.05. The number of rotatable bonds is 3. The van der Waals surface area contributed by atoms with Crippen molar-refractivity contribution in [2.24, 2.45) is 10.8 Å². The van der Waals surface area contributed by atoms with Gasteiger partial charge in [0.05, 0.1) is 5.41 Å². The van der Waals surface area contributed by atoms with E-state index in [0.717, 1.165) is 19.3 Å². The van der Waals surface area contributed by atoms with Gasteiger partial charge in [0.25, 0.3) is 0 Å². The van der Waals surface area contributed by atoms with E-state index >= 15 is 0 Å². The highest BCUT2D eigenvalue weighted by Gasteiger charge is 2.64. The highest BCUT2D eigenvalue weighted by molar-refractivity contribution is 5.91. The van der Waals surface area contributed by atoms with Gasteiger partial charge in [-0.05, 0) is 38.5 Å². The van der Waals surface area contributed by atoms with Crippen molar-refractivity contribution in [1.82, 2.24) is 0 Å². The summed E-state index contributed by atoms with van der Waals surface area (Å²) >= 11 is 0. The molecule has 3 aliphatic carbocycles. The van der Waals surface area contributed by atoms with E-state index < -0.39 is 0 Å². The lowest BCUT2D eigenvalue weighted by atomic mass is 9.44. The van der Waals surface area contributed by atoms with Crippen LogP contribution in [0.2, 0.25) is 0 Å². The Labute approximate surface area is 98.3 Å². The van der Waals surface area contributed by atoms with Gasteiger partial charge in [-0.1, -0.05) is 31.4 Å². The van der Waals surface area contributed by atoms with E-state index in [1.807, 2.05) is 0 Å². The fourth-order valence-electron chi connectivity index (χ4n) is 4.59. The van der Waals surface area contributed by atoms with Gasteiger partial charge in [0.1, 0.15) is 5.78 Å². The number of unbranched alkanes of at least 4 members (excludes halogenated alkanes) is 1. The number of hydrogen-bond acceptors (Lipinski definition) is 1. The molecule has 1 spiro atoms. The number of ketones is 1. The van der Waals surface area contributed by atoms with Crippen molar-refractivity contribution in [2.45, 2.75) is 64.7 Å². The quantitative estimate of drug-likeness (QED) is 0.654. The average Bonchev–Trinajstić information content (AvgIpc) is 2.57. The maximum atomic E-state index is 12.4. The van der Waals surface area contributed by atoms with Crippen LogP contribution in [-0.4, -0.2) is 5.78 Å². The Kier molecular flexibility index (Phi) is 2.28. The molecule has 16 heavy (non-hydrogen) atoms. The smallest absolute Gasteiger partial charge is 0.143 e. The molecule has 0 aliphatic heterocycles. The van der Waals surface area contributed by atoms with E-state index in [9.17, 15) is 4.79 Å². The van der Waals surface area contributed by atoms with Gasteiger partial charge in [-0.25, -0.2) is 0 Å². The van der Waals surface area contributed by atoms with E-state index in [1.54, 1.807) is 5.57 Å². The molecule has 0 radical (unpaired) electrons. The predicted octanol–water partition coefficient (Wildman–Crippen LogP) is 4.03. The molecular weight excluding hydrogens is 196 g/mol. The Hall–Kier alpha value is -0.590. The van der Waals surface area contributed by atoms with Crippen molar-refractivity contribution in [3.05, 3.63) is 11.6 Å². The van der Waals surface area contributed by atoms with E-state index in [1.165, 1.54) is 38.5 Å². The topological polar surface area (TPSA) is 17.1 Å². The molecular formula is C15H22O. The summed E-state index contributed by atoms with van der Waals surface area (Å²) in [5.41, 5.74) is 2.02. The molecule has 88 valence electrons. The van der Waals surface area contributed by atoms with Crippen molar-refractivity contribution in [2.75, 3.05) is 0 Å². The average molecular weight is 218 g/mol. The number of allylic oxidation sites excluding steroid dienone is 2. The molecule has 3 aliphatic rings. The summed E-state index contributed by atoms with van der Waals surface area (Å²) in [6, 6.07) is 0. The van der Waals surface area contributed by atoms with Crippen LogP contribution in [0.1, 0.15) is 64.7 Å². The molecule has 0 N–H and O–H groups in total. The number of carbonyl (C=O) groups excluding carboxylic acids is 1. The van der Waals surface area contributed by atoms with Crippen LogP contribution in [0, 0.1) is 10.8 Å². The van der Waals surface area contributed by atoms with Crippen LogP contribution in [0.3, 0.4) is 0 Å². The van der Waals surface area contributed by atoms with Crippen molar-refractivity contribution in [3.63, 3.8) is 0 Å². The maximum Gasteiger partial charge on any atom is 0.143 e. The van der Waals surface area contributed by atoms with E-state index in [0.29, 0.717) is 11.2 Å². The summed E-state index contributed by atoms with van der Waals surface area (Å²) in [7, 11) is 0. The largest absolute Gasteiger partial charge is 0.299 e. The molecule has 2 saturated carbocycles. The Bertz CT molecular complexity index is 354. The van der Waals surface area contributed by atoms with Crippen LogP contribution in [0.5, 0.6) is 0 Å². The van der Waals surface area contributed by atoms with Crippen LogP contribution in [-0.2, 0) is 4.79 Å². The summed E-state index contributed by atoms with van der Waals surface area (Å²) in [6.45, 7) is 2.23. The second kappa shape index (κ2) is 3.45. The third-order valence-electron chi connectivity index (χ3n) is 5.37. The van der Waals surface area contributed by atoms with Gasteiger partial charge in [0, 0.05) is 11.8 Å². The molecule has 0 unspecified atom stereocenters. The minimum atomic E-state index is 0.00704. The zero-order valence-electron chi connectivity index (χ0n) is 10.3. The van der Waals surface area contributed by atoms with Gasteiger partial charge in [-0.3, -0.25) is 4.79 Å². The lowest BCUT2D eigenvalue weighted by Crippen LogP contribution is -2.55. The van der Waals surface area contributed by atoms with Crippen molar-refractivity contribution >= 4 is 5.78 Å². The molecule has 0 aromatic carbocycles. The van der Waals surface area contributed by atoms with Gasteiger partial charge < -0.3 is 0 Å². The molecule has 0 aromatic rings. The molecule has 2 fully saturated rings. The fourth-order valence-corrected chi connectivity index (χ4v) is 4.59. The molecule has 0 bridgehead atoms. The number of hydrogen-bond donors (Lipinski definition) is 0. The standard InChI is InChI=1S/C15H22O/c1-2-3-8-15-11-12-6-4-9-14(12,15)10-5-7-13(15)16/h11H,2-10H2,1H3/t14-,15-/m0/s1. The lowest BCUT2D eigenvalue weighted by molar-refractivity contribution is -0.139. The first kappa shape index (κ1) is 10.6. The van der Waals surface area contributed by atoms with Crippen LogP contribution >= 0.6 is 0 Å². The van der Waals surface area contributed by atoms with E-state index in [4.69, 9.17) is 0 Å². The van der Waals surface area contributed by atoms with Gasteiger partial charge in [-0.15, -0.1) is 0 Å². The van der Waals surface area contributed by atoms with Crippen molar-refractivity contribution in [1.29, 1.82) is 0 Å². The SMILES string of the molecule is CCCC[C@@]12C=C3CCC[C@]31CCCC2=O. The minimum Gasteiger partial charge on any atom is -0.299 e. The van der Waals surface area contributed by atoms with Crippen LogP contribution < -0.4 is 0 Å². The molecule has 0 saturated heterocycles. The summed E-state index contributed by atoms with van der Waals surface area (Å²) in [5, 5.41) is 0. The molecule has 1 nitrogen and oxygen atoms in total. The first-order valence-corrected chi connectivity index (χ1v) is 7.01. The molecule has 3 rings (SSSR count). The summed E-state index contributed by atoms with van der Waals surface area (Å²) in [5.74, 6) is 0.567. The Morgan fingerprint density at radius 1 is 1.25 bits per heavy atom. The molecule has 2 atom stereocenters. The van der Waals surface area contributed by atoms with Gasteiger partial charge >= 0.3 is 0 Å². The Morgan fingerprint density at radius 2 is 2.00 bits per heavy atom. The minimum absolute atomic E-state index is 0.00704. The Morgan fingerprint density at radius 3 is 2.75 bits per heavy atom. The second-order valence-electron chi connectivity index (χ2n) is 5.96. The fraction of sp³-hybridized carbons (Fsp3) is 0.800. The summed E-state index contributed by atoms with van der Waals surface area (Å²) in [4.78, 5) is 12.4. The zero-order valence-corrected chi connectivity index (χ0v) is 10.3. The normalized spacial score (nSPS) is 41.1. The maximum absolute atomic E-state index is 12.4. The molecule has 1 heteroatoms. The highest BCUT2D eigenvalue weighted by Crippen LogP contribution is 2.70. The number of carbonyl (C=O) groups is 1. The van der Waals surface area contributed by atoms with Gasteiger partial charge in [0.2, 0.25) is 0 Å². The number of Topliss-reactive ketones (excluding diaryl/α,β-unsaturated/α-hetero) is 1. The highest BCUT2D eigenvalue weighted by atomic mass is 16.1. The Balaban J connectivity index is 1.96. The van der Waals surface area contributed by atoms with Crippen LogP contribution in [0.25, 0.3) is 0 Å². The zero-order chi connectivity index (χ0) is 11.2. The summed E-state index contributed by atoms with van der Waals surface area (Å²) < 4.78 is 0. The predicted molar refractivity (Wildman–Crippen MR) is 65.2 cm³/mol. The third-order valence-corrected chi connectivity index (χ3v) is 5.37.